The van der Waals surface area contributed by atoms with Crippen molar-refractivity contribution in [1.82, 2.24) is 10.2 Å². The second kappa shape index (κ2) is 4.89. The molecule has 0 fully saturated rings. The molecule has 1 heterocycles. The van der Waals surface area contributed by atoms with Crippen LogP contribution in [0.4, 0.5) is 15.2 Å². The average molecular weight is 270 g/mol. The van der Waals surface area contributed by atoms with Crippen molar-refractivity contribution in [2.45, 2.75) is 9.24 Å². The molecule has 0 aliphatic carbocycles. The summed E-state index contributed by atoms with van der Waals surface area (Å²) in [4.78, 5) is 2.67. The standard InChI is InChI=1S/C10H11FN4S2/c1-15(2)9-13-14-10(17-9)16-8-4-3-6(11)5-7(8)12/h3-5H,12H2,1-2H3. The molecule has 90 valence electrons. The maximum atomic E-state index is 12.9. The van der Waals surface area contributed by atoms with E-state index in [0.717, 1.165) is 14.4 Å². The predicted molar refractivity (Wildman–Crippen MR) is 69.2 cm³/mol. The molecule has 2 rings (SSSR count). The molecule has 0 bridgehead atoms. The number of halogens is 1. The zero-order chi connectivity index (χ0) is 12.4. The number of hydrogen-bond donors (Lipinski definition) is 1. The predicted octanol–water partition coefficient (Wildman–Crippen LogP) is 2.48. The summed E-state index contributed by atoms with van der Waals surface area (Å²) in [5.74, 6) is -0.335. The minimum atomic E-state index is -0.335. The number of benzene rings is 1. The second-order valence-corrected chi connectivity index (χ2v) is 5.77. The van der Waals surface area contributed by atoms with Crippen LogP contribution in [-0.4, -0.2) is 24.3 Å². The first-order valence-corrected chi connectivity index (χ1v) is 6.43. The van der Waals surface area contributed by atoms with Gasteiger partial charge in [0.15, 0.2) is 4.34 Å². The smallest absolute Gasteiger partial charge is 0.208 e. The summed E-state index contributed by atoms with van der Waals surface area (Å²) in [7, 11) is 3.81. The Morgan fingerprint density at radius 1 is 1.35 bits per heavy atom. The van der Waals surface area contributed by atoms with Crippen LogP contribution in [0, 0.1) is 5.82 Å². The first-order valence-electron chi connectivity index (χ1n) is 4.80. The van der Waals surface area contributed by atoms with Crippen molar-refractivity contribution in [2.75, 3.05) is 24.7 Å². The minimum absolute atomic E-state index is 0.335. The average Bonchev–Trinajstić information content (AvgIpc) is 2.71. The fraction of sp³-hybridized carbons (Fsp3) is 0.200. The van der Waals surface area contributed by atoms with E-state index in [1.165, 1.54) is 35.2 Å². The maximum absolute atomic E-state index is 12.9. The van der Waals surface area contributed by atoms with Gasteiger partial charge < -0.3 is 10.6 Å². The van der Waals surface area contributed by atoms with Crippen LogP contribution in [0.3, 0.4) is 0 Å². The zero-order valence-electron chi connectivity index (χ0n) is 9.35. The summed E-state index contributed by atoms with van der Waals surface area (Å²) in [6.07, 6.45) is 0. The van der Waals surface area contributed by atoms with Crippen LogP contribution in [-0.2, 0) is 0 Å². The van der Waals surface area contributed by atoms with Gasteiger partial charge in [0.1, 0.15) is 5.82 Å². The van der Waals surface area contributed by atoms with Crippen LogP contribution < -0.4 is 10.6 Å². The molecule has 17 heavy (non-hydrogen) atoms. The molecule has 1 aromatic carbocycles. The molecule has 1 aromatic heterocycles. The van der Waals surface area contributed by atoms with Crippen molar-refractivity contribution in [1.29, 1.82) is 0 Å². The van der Waals surface area contributed by atoms with Crippen molar-refractivity contribution < 1.29 is 4.39 Å². The topological polar surface area (TPSA) is 55.0 Å². The molecule has 0 saturated heterocycles. The molecule has 0 atom stereocenters. The Kier molecular flexibility index (Phi) is 3.49. The van der Waals surface area contributed by atoms with Gasteiger partial charge in [-0.1, -0.05) is 23.1 Å². The van der Waals surface area contributed by atoms with Gasteiger partial charge in [0.2, 0.25) is 5.13 Å². The fourth-order valence-electron chi connectivity index (χ4n) is 1.13. The third-order valence-electron chi connectivity index (χ3n) is 1.95. The van der Waals surface area contributed by atoms with E-state index in [-0.39, 0.29) is 5.82 Å². The normalized spacial score (nSPS) is 10.5. The number of nitrogens with two attached hydrogens (primary N) is 1. The molecule has 0 unspecified atom stereocenters. The van der Waals surface area contributed by atoms with Gasteiger partial charge in [-0.2, -0.15) is 0 Å². The highest BCUT2D eigenvalue weighted by molar-refractivity contribution is 8.01. The molecule has 2 aromatic rings. The van der Waals surface area contributed by atoms with E-state index in [9.17, 15) is 4.39 Å². The van der Waals surface area contributed by atoms with Gasteiger partial charge in [0.05, 0.1) is 0 Å². The Bertz CT molecular complexity index is 527. The summed E-state index contributed by atoms with van der Waals surface area (Å²) >= 11 is 2.85. The molecule has 2 N–H and O–H groups in total. The van der Waals surface area contributed by atoms with Crippen LogP contribution in [0.2, 0.25) is 0 Å². The first kappa shape index (κ1) is 12.1. The number of anilines is 2. The zero-order valence-corrected chi connectivity index (χ0v) is 11.0. The summed E-state index contributed by atoms with van der Waals surface area (Å²) < 4.78 is 13.7. The SMILES string of the molecule is CN(C)c1nnc(Sc2ccc(F)cc2N)s1. The third kappa shape index (κ3) is 2.86. The molecular weight excluding hydrogens is 259 g/mol. The van der Waals surface area contributed by atoms with Gasteiger partial charge in [-0.15, -0.1) is 10.2 Å². The Balaban J connectivity index is 2.19. The molecule has 0 spiro atoms. The molecule has 4 nitrogen and oxygen atoms in total. The Morgan fingerprint density at radius 3 is 2.71 bits per heavy atom. The van der Waals surface area contributed by atoms with E-state index in [0.29, 0.717) is 5.69 Å². The number of nitrogens with zero attached hydrogens (tertiary/aromatic N) is 3. The Hall–Kier alpha value is -1.34. The van der Waals surface area contributed by atoms with E-state index in [1.54, 1.807) is 6.07 Å². The highest BCUT2D eigenvalue weighted by Gasteiger charge is 2.09. The summed E-state index contributed by atoms with van der Waals surface area (Å²) in [5, 5.41) is 8.88. The van der Waals surface area contributed by atoms with Crippen molar-refractivity contribution in [3.8, 4) is 0 Å². The van der Waals surface area contributed by atoms with Crippen molar-refractivity contribution in [3.63, 3.8) is 0 Å². The summed E-state index contributed by atoms with van der Waals surface area (Å²) in [6, 6.07) is 4.33. The Morgan fingerprint density at radius 2 is 2.12 bits per heavy atom. The molecule has 0 aliphatic rings. The van der Waals surface area contributed by atoms with Crippen molar-refractivity contribution in [2.24, 2.45) is 0 Å². The lowest BCUT2D eigenvalue weighted by Crippen LogP contribution is -2.07. The van der Waals surface area contributed by atoms with E-state index >= 15 is 0 Å². The van der Waals surface area contributed by atoms with E-state index in [4.69, 9.17) is 5.73 Å². The molecule has 0 aliphatic heterocycles. The summed E-state index contributed by atoms with van der Waals surface area (Å²) in [5.41, 5.74) is 6.13. The fourth-order valence-corrected chi connectivity index (χ4v) is 2.88. The van der Waals surface area contributed by atoms with Gasteiger partial charge in [-0.25, -0.2) is 4.39 Å². The van der Waals surface area contributed by atoms with Crippen LogP contribution >= 0.6 is 23.1 Å². The molecule has 0 radical (unpaired) electrons. The minimum Gasteiger partial charge on any atom is -0.398 e. The molecule has 0 saturated carbocycles. The van der Waals surface area contributed by atoms with Gasteiger partial charge in [0.25, 0.3) is 0 Å². The van der Waals surface area contributed by atoms with Crippen LogP contribution in [0.15, 0.2) is 27.4 Å². The van der Waals surface area contributed by atoms with E-state index < -0.39 is 0 Å². The van der Waals surface area contributed by atoms with Crippen LogP contribution in [0.25, 0.3) is 0 Å². The largest absolute Gasteiger partial charge is 0.398 e. The van der Waals surface area contributed by atoms with Crippen molar-refractivity contribution >= 4 is 33.9 Å². The quantitative estimate of drug-likeness (QED) is 0.868. The van der Waals surface area contributed by atoms with Gasteiger partial charge >= 0.3 is 0 Å². The second-order valence-electron chi connectivity index (χ2n) is 3.53. The lowest BCUT2D eigenvalue weighted by molar-refractivity contribution is 0.627. The third-order valence-corrected chi connectivity index (χ3v) is 4.18. The van der Waals surface area contributed by atoms with Gasteiger partial charge in [0, 0.05) is 24.7 Å². The van der Waals surface area contributed by atoms with E-state index in [1.807, 2.05) is 19.0 Å². The van der Waals surface area contributed by atoms with Crippen molar-refractivity contribution in [3.05, 3.63) is 24.0 Å². The Labute approximate surface area is 107 Å². The van der Waals surface area contributed by atoms with Gasteiger partial charge in [-0.05, 0) is 18.2 Å². The van der Waals surface area contributed by atoms with Crippen LogP contribution in [0.5, 0.6) is 0 Å². The number of hydrogen-bond acceptors (Lipinski definition) is 6. The van der Waals surface area contributed by atoms with E-state index in [2.05, 4.69) is 10.2 Å². The highest BCUT2D eigenvalue weighted by atomic mass is 32.2. The van der Waals surface area contributed by atoms with Gasteiger partial charge in [-0.3, -0.25) is 0 Å². The number of aromatic nitrogens is 2. The first-order chi connectivity index (χ1) is 8.06. The highest BCUT2D eigenvalue weighted by Crippen LogP contribution is 2.35. The lowest BCUT2D eigenvalue weighted by atomic mass is 10.3. The molecule has 7 heteroatoms. The van der Waals surface area contributed by atoms with Crippen LogP contribution in [0.1, 0.15) is 0 Å². The lowest BCUT2D eigenvalue weighted by Gasteiger charge is -2.04. The summed E-state index contributed by atoms with van der Waals surface area (Å²) in [6.45, 7) is 0. The number of nitrogen functional groups attached to an aromatic ring is 1. The monoisotopic (exact) mass is 270 g/mol. The maximum Gasteiger partial charge on any atom is 0.208 e. The number of rotatable bonds is 3. The molecular formula is C10H11FN4S2. The molecule has 0 amide bonds.